The van der Waals surface area contributed by atoms with Crippen molar-refractivity contribution < 1.29 is 0 Å². The smallest absolute Gasteiger partial charge is 0.0626 e. The molecule has 1 nitrogen and oxygen atoms in total. The van der Waals surface area contributed by atoms with Gasteiger partial charge in [0.15, 0.2) is 0 Å². The Hall–Kier alpha value is -1.37. The molecule has 0 bridgehead atoms. The molecule has 1 aromatic heterocycles. The second-order valence-corrected chi connectivity index (χ2v) is 2.95. The Morgan fingerprint density at radius 2 is 2.42 bits per heavy atom. The summed E-state index contributed by atoms with van der Waals surface area (Å²) in [5, 5.41) is 0. The predicted octanol–water partition coefficient (Wildman–Crippen LogP) is 2.68. The van der Waals surface area contributed by atoms with Crippen molar-refractivity contribution in [2.24, 2.45) is 0 Å². The van der Waals surface area contributed by atoms with E-state index in [0.717, 1.165) is 18.5 Å². The molecular weight excluding hydrogens is 146 g/mol. The maximum absolute atomic E-state index is 4.24. The molecule has 1 heterocycles. The van der Waals surface area contributed by atoms with Gasteiger partial charge in [0.1, 0.15) is 0 Å². The van der Waals surface area contributed by atoms with Crippen molar-refractivity contribution in [1.29, 1.82) is 0 Å². The third-order valence-electron chi connectivity index (χ3n) is 2.13. The molecule has 12 heavy (non-hydrogen) atoms. The minimum Gasteiger partial charge on any atom is -0.256 e. The fraction of sp³-hybridized carbons (Fsp3) is 0.182. The Kier molecular flexibility index (Phi) is 1.78. The molecule has 0 atom stereocenters. The standard InChI is InChI=1S/C11H11N/c1-2-11-7-9-5-3-4-6-10(9)8-12-11/h2,4,6-8H,1,3,5H2. The van der Waals surface area contributed by atoms with Crippen LogP contribution in [0.25, 0.3) is 12.2 Å². The van der Waals surface area contributed by atoms with Crippen LogP contribution in [0.2, 0.25) is 0 Å². The van der Waals surface area contributed by atoms with Crippen molar-refractivity contribution in [3.63, 3.8) is 0 Å². The van der Waals surface area contributed by atoms with Gasteiger partial charge in [0, 0.05) is 6.20 Å². The number of rotatable bonds is 1. The fourth-order valence-electron chi connectivity index (χ4n) is 1.45. The molecule has 0 saturated heterocycles. The van der Waals surface area contributed by atoms with E-state index in [1.807, 2.05) is 6.20 Å². The Bertz CT molecular complexity index is 337. The summed E-state index contributed by atoms with van der Waals surface area (Å²) in [4.78, 5) is 4.24. The molecular formula is C11H11N. The first kappa shape index (κ1) is 7.29. The highest BCUT2D eigenvalue weighted by Crippen LogP contribution is 2.18. The maximum atomic E-state index is 4.24. The molecule has 1 aliphatic carbocycles. The maximum Gasteiger partial charge on any atom is 0.0626 e. The highest BCUT2D eigenvalue weighted by Gasteiger charge is 2.04. The van der Waals surface area contributed by atoms with E-state index in [4.69, 9.17) is 0 Å². The zero-order chi connectivity index (χ0) is 8.39. The number of aromatic nitrogens is 1. The Balaban J connectivity index is 2.50. The molecule has 0 saturated carbocycles. The first-order chi connectivity index (χ1) is 5.90. The molecule has 1 aromatic rings. The summed E-state index contributed by atoms with van der Waals surface area (Å²) in [7, 11) is 0. The molecule has 2 rings (SSSR count). The van der Waals surface area contributed by atoms with Gasteiger partial charge in [0.2, 0.25) is 0 Å². The van der Waals surface area contributed by atoms with Gasteiger partial charge in [0.05, 0.1) is 5.69 Å². The molecule has 1 heteroatoms. The lowest BCUT2D eigenvalue weighted by atomic mass is 9.99. The van der Waals surface area contributed by atoms with Gasteiger partial charge in [-0.05, 0) is 36.1 Å². The summed E-state index contributed by atoms with van der Waals surface area (Å²) in [6.07, 6.45) is 10.3. The van der Waals surface area contributed by atoms with E-state index >= 15 is 0 Å². The van der Waals surface area contributed by atoms with Crippen LogP contribution in [0.4, 0.5) is 0 Å². The third-order valence-corrected chi connectivity index (χ3v) is 2.13. The van der Waals surface area contributed by atoms with Gasteiger partial charge in [-0.1, -0.05) is 18.7 Å². The number of allylic oxidation sites excluding steroid dienone is 1. The third kappa shape index (κ3) is 1.18. The highest BCUT2D eigenvalue weighted by molar-refractivity contribution is 5.57. The van der Waals surface area contributed by atoms with E-state index in [-0.39, 0.29) is 0 Å². The second-order valence-electron chi connectivity index (χ2n) is 2.95. The average molecular weight is 157 g/mol. The van der Waals surface area contributed by atoms with Crippen LogP contribution in [0.1, 0.15) is 23.2 Å². The van der Waals surface area contributed by atoms with Crippen molar-refractivity contribution in [2.75, 3.05) is 0 Å². The number of hydrogen-bond donors (Lipinski definition) is 0. The van der Waals surface area contributed by atoms with Crippen LogP contribution in [-0.2, 0) is 6.42 Å². The van der Waals surface area contributed by atoms with Crippen LogP contribution in [0.15, 0.2) is 24.9 Å². The van der Waals surface area contributed by atoms with Crippen LogP contribution < -0.4 is 0 Å². The van der Waals surface area contributed by atoms with Gasteiger partial charge in [-0.25, -0.2) is 0 Å². The summed E-state index contributed by atoms with van der Waals surface area (Å²) in [5.74, 6) is 0. The van der Waals surface area contributed by atoms with E-state index < -0.39 is 0 Å². The molecule has 1 aliphatic rings. The summed E-state index contributed by atoms with van der Waals surface area (Å²) in [6.45, 7) is 3.70. The monoisotopic (exact) mass is 157 g/mol. The van der Waals surface area contributed by atoms with Gasteiger partial charge < -0.3 is 0 Å². The number of hydrogen-bond acceptors (Lipinski definition) is 1. The van der Waals surface area contributed by atoms with Crippen LogP contribution in [0.3, 0.4) is 0 Å². The van der Waals surface area contributed by atoms with Crippen molar-refractivity contribution in [3.05, 3.63) is 41.7 Å². The molecule has 0 fully saturated rings. The highest BCUT2D eigenvalue weighted by atomic mass is 14.7. The first-order valence-electron chi connectivity index (χ1n) is 4.18. The molecule has 0 radical (unpaired) electrons. The van der Waals surface area contributed by atoms with Crippen LogP contribution >= 0.6 is 0 Å². The molecule has 0 N–H and O–H groups in total. The minimum atomic E-state index is 0.976. The zero-order valence-corrected chi connectivity index (χ0v) is 6.96. The van der Waals surface area contributed by atoms with Gasteiger partial charge in [-0.3, -0.25) is 4.98 Å². The predicted molar refractivity (Wildman–Crippen MR) is 51.7 cm³/mol. The summed E-state index contributed by atoms with van der Waals surface area (Å²) in [6, 6.07) is 2.12. The first-order valence-corrected chi connectivity index (χ1v) is 4.18. The molecule has 0 aromatic carbocycles. The van der Waals surface area contributed by atoms with Crippen LogP contribution in [0.5, 0.6) is 0 Å². The van der Waals surface area contributed by atoms with Crippen molar-refractivity contribution >= 4 is 12.2 Å². The Morgan fingerprint density at radius 1 is 1.50 bits per heavy atom. The minimum absolute atomic E-state index is 0.976. The van der Waals surface area contributed by atoms with Crippen molar-refractivity contribution in [1.82, 2.24) is 4.98 Å². The van der Waals surface area contributed by atoms with Crippen molar-refractivity contribution in [3.8, 4) is 0 Å². The number of fused-ring (bicyclic) bond motifs is 1. The summed E-state index contributed by atoms with van der Waals surface area (Å²) >= 11 is 0. The summed E-state index contributed by atoms with van der Waals surface area (Å²) < 4.78 is 0. The molecule has 0 spiro atoms. The number of pyridine rings is 1. The van der Waals surface area contributed by atoms with E-state index in [0.29, 0.717) is 0 Å². The average Bonchev–Trinajstić information content (AvgIpc) is 2.17. The van der Waals surface area contributed by atoms with Gasteiger partial charge in [-0.2, -0.15) is 0 Å². The molecule has 60 valence electrons. The van der Waals surface area contributed by atoms with Crippen LogP contribution in [-0.4, -0.2) is 4.98 Å². The molecule has 0 unspecified atom stereocenters. The lowest BCUT2D eigenvalue weighted by Gasteiger charge is -2.09. The van der Waals surface area contributed by atoms with Gasteiger partial charge in [-0.15, -0.1) is 0 Å². The Morgan fingerprint density at radius 3 is 3.25 bits per heavy atom. The second kappa shape index (κ2) is 2.94. The van der Waals surface area contributed by atoms with E-state index in [1.54, 1.807) is 6.08 Å². The van der Waals surface area contributed by atoms with E-state index in [2.05, 4.69) is 29.8 Å². The lowest BCUT2D eigenvalue weighted by Crippen LogP contribution is -1.96. The van der Waals surface area contributed by atoms with Crippen LogP contribution in [0, 0.1) is 0 Å². The topological polar surface area (TPSA) is 12.9 Å². The van der Waals surface area contributed by atoms with E-state index in [1.165, 1.54) is 11.1 Å². The van der Waals surface area contributed by atoms with E-state index in [9.17, 15) is 0 Å². The number of nitrogens with zero attached hydrogens (tertiary/aromatic N) is 1. The fourth-order valence-corrected chi connectivity index (χ4v) is 1.45. The zero-order valence-electron chi connectivity index (χ0n) is 6.96. The number of aryl methyl sites for hydroxylation is 1. The van der Waals surface area contributed by atoms with Crippen molar-refractivity contribution in [2.45, 2.75) is 12.8 Å². The van der Waals surface area contributed by atoms with Gasteiger partial charge >= 0.3 is 0 Å². The largest absolute Gasteiger partial charge is 0.256 e. The normalized spacial score (nSPS) is 14.0. The SMILES string of the molecule is C=Cc1cc2c(cn1)C=CCC2. The Labute approximate surface area is 72.5 Å². The molecule has 0 aliphatic heterocycles. The lowest BCUT2D eigenvalue weighted by molar-refractivity contribution is 0.975. The quantitative estimate of drug-likeness (QED) is 0.610. The van der Waals surface area contributed by atoms with Gasteiger partial charge in [0.25, 0.3) is 0 Å². The molecule has 0 amide bonds. The summed E-state index contributed by atoms with van der Waals surface area (Å²) in [5.41, 5.74) is 3.62.